The molecule has 1 aromatic heterocycles. The molecule has 0 fully saturated rings. The molecule has 0 saturated carbocycles. The highest BCUT2D eigenvalue weighted by atomic mass is 16.3. The van der Waals surface area contributed by atoms with Gasteiger partial charge in [0.2, 0.25) is 0 Å². The van der Waals surface area contributed by atoms with Gasteiger partial charge in [-0.05, 0) is 35.7 Å². The SMILES string of the molecule is [2H]C(C)(C)c1ccc(N(C)c2cccc3c2oc2ccccc23)cc1. The monoisotopic (exact) mass is 316 g/mol. The van der Waals surface area contributed by atoms with Gasteiger partial charge in [-0.15, -0.1) is 0 Å². The summed E-state index contributed by atoms with van der Waals surface area (Å²) in [4.78, 5) is 2.13. The van der Waals surface area contributed by atoms with Crippen molar-refractivity contribution in [2.45, 2.75) is 19.7 Å². The maximum Gasteiger partial charge on any atom is 0.159 e. The molecule has 4 aromatic rings. The fourth-order valence-corrected chi connectivity index (χ4v) is 3.15. The molecule has 0 aliphatic rings. The molecule has 2 nitrogen and oxygen atoms in total. The normalized spacial score (nSPS) is 12.5. The quantitative estimate of drug-likeness (QED) is 0.430. The molecule has 0 atom stereocenters. The van der Waals surface area contributed by atoms with Crippen LogP contribution in [0, 0.1) is 0 Å². The van der Waals surface area contributed by atoms with Crippen molar-refractivity contribution in [1.29, 1.82) is 0 Å². The van der Waals surface area contributed by atoms with Crippen LogP contribution in [0.2, 0.25) is 0 Å². The van der Waals surface area contributed by atoms with Gasteiger partial charge in [-0.1, -0.05) is 56.3 Å². The van der Waals surface area contributed by atoms with E-state index in [0.717, 1.165) is 38.9 Å². The Balaban J connectivity index is 1.81. The van der Waals surface area contributed by atoms with Gasteiger partial charge < -0.3 is 9.32 Å². The molecule has 0 spiro atoms. The summed E-state index contributed by atoms with van der Waals surface area (Å²) in [7, 11) is 2.04. The summed E-state index contributed by atoms with van der Waals surface area (Å²) in [5, 5.41) is 2.27. The van der Waals surface area contributed by atoms with Gasteiger partial charge in [-0.25, -0.2) is 0 Å². The number of hydrogen-bond acceptors (Lipinski definition) is 2. The van der Waals surface area contributed by atoms with Crippen LogP contribution in [0.5, 0.6) is 0 Å². The zero-order valence-electron chi connectivity index (χ0n) is 15.2. The molecule has 0 unspecified atom stereocenters. The lowest BCUT2D eigenvalue weighted by Gasteiger charge is -2.20. The molecule has 120 valence electrons. The van der Waals surface area contributed by atoms with Crippen molar-refractivity contribution < 1.29 is 5.79 Å². The van der Waals surface area contributed by atoms with Gasteiger partial charge in [-0.2, -0.15) is 0 Å². The van der Waals surface area contributed by atoms with Gasteiger partial charge in [-0.3, -0.25) is 0 Å². The maximum atomic E-state index is 8.16. The summed E-state index contributed by atoms with van der Waals surface area (Å²) >= 11 is 0. The molecule has 0 saturated heterocycles. The molecule has 0 aliphatic carbocycles. The number of benzene rings is 3. The smallest absolute Gasteiger partial charge is 0.159 e. The molecular formula is C22H21NO. The summed E-state index contributed by atoms with van der Waals surface area (Å²) in [6.45, 7) is 3.81. The number of hydrogen-bond donors (Lipinski definition) is 0. The van der Waals surface area contributed by atoms with E-state index in [0.29, 0.717) is 0 Å². The van der Waals surface area contributed by atoms with Crippen LogP contribution in [-0.2, 0) is 0 Å². The van der Waals surface area contributed by atoms with Gasteiger partial charge in [0.25, 0.3) is 0 Å². The Kier molecular flexibility index (Phi) is 3.26. The predicted octanol–water partition coefficient (Wildman–Crippen LogP) is 6.48. The van der Waals surface area contributed by atoms with Crippen molar-refractivity contribution in [3.63, 3.8) is 0 Å². The van der Waals surface area contributed by atoms with Gasteiger partial charge in [0.15, 0.2) is 5.58 Å². The van der Waals surface area contributed by atoms with Crippen LogP contribution in [-0.4, -0.2) is 7.05 Å². The number of anilines is 2. The maximum absolute atomic E-state index is 8.16. The molecule has 0 radical (unpaired) electrons. The van der Waals surface area contributed by atoms with Gasteiger partial charge >= 0.3 is 0 Å². The van der Waals surface area contributed by atoms with Crippen LogP contribution >= 0.6 is 0 Å². The van der Waals surface area contributed by atoms with E-state index >= 15 is 0 Å². The average Bonchev–Trinajstić information content (AvgIpc) is 2.99. The number of nitrogens with zero attached hydrogens (tertiary/aromatic N) is 1. The van der Waals surface area contributed by atoms with Crippen molar-refractivity contribution >= 4 is 33.3 Å². The zero-order chi connectivity index (χ0) is 17.6. The number of para-hydroxylation sites is 2. The van der Waals surface area contributed by atoms with E-state index in [1.165, 1.54) is 0 Å². The highest BCUT2D eigenvalue weighted by Gasteiger charge is 2.14. The Morgan fingerprint density at radius 1 is 0.875 bits per heavy atom. The predicted molar refractivity (Wildman–Crippen MR) is 102 cm³/mol. The highest BCUT2D eigenvalue weighted by molar-refractivity contribution is 6.09. The van der Waals surface area contributed by atoms with E-state index in [1.54, 1.807) is 0 Å². The second-order valence-corrected chi connectivity index (χ2v) is 6.36. The Bertz CT molecular complexity index is 1040. The minimum absolute atomic E-state index is 0.587. The molecule has 1 heterocycles. The summed E-state index contributed by atoms with van der Waals surface area (Å²) in [5.74, 6) is -0.587. The van der Waals surface area contributed by atoms with E-state index in [9.17, 15) is 0 Å². The largest absolute Gasteiger partial charge is 0.454 e. The minimum atomic E-state index is -0.587. The average molecular weight is 316 g/mol. The third-order valence-corrected chi connectivity index (χ3v) is 4.58. The first kappa shape index (κ1) is 13.7. The number of fused-ring (bicyclic) bond motifs is 3. The molecule has 0 N–H and O–H groups in total. The van der Waals surface area contributed by atoms with Gasteiger partial charge in [0, 0.05) is 24.9 Å². The van der Waals surface area contributed by atoms with Crippen molar-refractivity contribution in [3.8, 4) is 0 Å². The standard InChI is InChI=1S/C22H21NO/c1-15(2)16-11-13-17(14-12-16)23(3)20-9-6-8-19-18-7-4-5-10-21(18)24-22(19)20/h4-15H,1-3H3/i15D. The van der Waals surface area contributed by atoms with E-state index in [-0.39, 0.29) is 0 Å². The lowest BCUT2D eigenvalue weighted by Crippen LogP contribution is -2.09. The summed E-state index contributed by atoms with van der Waals surface area (Å²) in [6, 6.07) is 22.6. The fourth-order valence-electron chi connectivity index (χ4n) is 3.15. The van der Waals surface area contributed by atoms with Crippen LogP contribution in [0.3, 0.4) is 0 Å². The Labute approximate surface area is 143 Å². The second kappa shape index (κ2) is 5.72. The first-order valence-corrected chi connectivity index (χ1v) is 8.20. The topological polar surface area (TPSA) is 16.4 Å². The van der Waals surface area contributed by atoms with Crippen LogP contribution in [0.15, 0.2) is 71.1 Å². The van der Waals surface area contributed by atoms with Crippen molar-refractivity contribution in [1.82, 2.24) is 0 Å². The molecule has 4 rings (SSSR count). The molecule has 3 aromatic carbocycles. The van der Waals surface area contributed by atoms with E-state index in [4.69, 9.17) is 5.79 Å². The molecule has 24 heavy (non-hydrogen) atoms. The van der Waals surface area contributed by atoms with Crippen molar-refractivity contribution in [2.75, 3.05) is 11.9 Å². The first-order chi connectivity index (χ1) is 11.9. The first-order valence-electron chi connectivity index (χ1n) is 8.70. The summed E-state index contributed by atoms with van der Waals surface area (Å²) < 4.78 is 14.3. The third kappa shape index (κ3) is 2.35. The van der Waals surface area contributed by atoms with Gasteiger partial charge in [0.1, 0.15) is 5.58 Å². The minimum Gasteiger partial charge on any atom is -0.454 e. The van der Waals surface area contributed by atoms with E-state index in [2.05, 4.69) is 41.3 Å². The van der Waals surface area contributed by atoms with Crippen LogP contribution in [0.4, 0.5) is 11.4 Å². The molecular weight excluding hydrogens is 294 g/mol. The van der Waals surface area contributed by atoms with Crippen molar-refractivity contribution in [3.05, 3.63) is 72.3 Å². The van der Waals surface area contributed by atoms with E-state index < -0.39 is 5.89 Å². The lowest BCUT2D eigenvalue weighted by atomic mass is 10.0. The number of furan rings is 1. The molecule has 2 heteroatoms. The van der Waals surface area contributed by atoms with Crippen LogP contribution in [0.1, 0.15) is 26.7 Å². The van der Waals surface area contributed by atoms with Crippen LogP contribution in [0.25, 0.3) is 21.9 Å². The number of rotatable bonds is 3. The second-order valence-electron chi connectivity index (χ2n) is 6.36. The van der Waals surface area contributed by atoms with Crippen molar-refractivity contribution in [2.24, 2.45) is 0 Å². The zero-order valence-corrected chi connectivity index (χ0v) is 14.2. The van der Waals surface area contributed by atoms with Gasteiger partial charge in [0.05, 0.1) is 5.69 Å². The Morgan fingerprint density at radius 3 is 2.33 bits per heavy atom. The highest BCUT2D eigenvalue weighted by Crippen LogP contribution is 2.37. The van der Waals surface area contributed by atoms with Crippen LogP contribution < -0.4 is 4.90 Å². The van der Waals surface area contributed by atoms with E-state index in [1.807, 2.05) is 51.2 Å². The molecule has 0 amide bonds. The Morgan fingerprint density at radius 2 is 1.58 bits per heavy atom. The lowest BCUT2D eigenvalue weighted by molar-refractivity contribution is 0.668. The Hall–Kier alpha value is -2.74. The fraction of sp³-hybridized carbons (Fsp3) is 0.182. The third-order valence-electron chi connectivity index (χ3n) is 4.58. The summed E-state index contributed by atoms with van der Waals surface area (Å²) in [5.41, 5.74) is 4.92. The molecule has 0 bridgehead atoms. The summed E-state index contributed by atoms with van der Waals surface area (Å²) in [6.07, 6.45) is 0. The molecule has 0 aliphatic heterocycles.